The molecule has 1 aromatic heterocycles. The highest BCUT2D eigenvalue weighted by molar-refractivity contribution is 7.09. The maximum Gasteiger partial charge on any atom is 0.173 e. The van der Waals surface area contributed by atoms with Crippen LogP contribution in [0.25, 0.3) is 0 Å². The van der Waals surface area contributed by atoms with Crippen LogP contribution in [-0.4, -0.2) is 17.6 Å². The minimum absolute atomic E-state index is 0.175. The lowest BCUT2D eigenvalue weighted by Crippen LogP contribution is -2.15. The second-order valence-electron chi connectivity index (χ2n) is 3.80. The Balaban J connectivity index is 2.07. The van der Waals surface area contributed by atoms with Gasteiger partial charge in [-0.2, -0.15) is 0 Å². The number of oxime groups is 1. The number of amidine groups is 1. The molecule has 0 saturated heterocycles. The van der Waals surface area contributed by atoms with Crippen molar-refractivity contribution in [2.75, 3.05) is 6.61 Å². The van der Waals surface area contributed by atoms with Crippen molar-refractivity contribution < 1.29 is 14.3 Å². The zero-order valence-electron chi connectivity index (χ0n) is 10.0. The summed E-state index contributed by atoms with van der Waals surface area (Å²) in [6, 6.07) is 7.91. The number of benzene rings is 1. The summed E-state index contributed by atoms with van der Waals surface area (Å²) in [5, 5.41) is 13.5. The molecule has 0 radical (unpaired) electrons. The van der Waals surface area contributed by atoms with Crippen LogP contribution in [0.3, 0.4) is 0 Å². The van der Waals surface area contributed by atoms with E-state index in [0.29, 0.717) is 12.4 Å². The molecule has 0 amide bonds. The van der Waals surface area contributed by atoms with Gasteiger partial charge in [0.15, 0.2) is 5.84 Å². The first-order valence-electron chi connectivity index (χ1n) is 5.63. The molecule has 0 unspecified atom stereocenters. The maximum atomic E-state index is 13.1. The van der Waals surface area contributed by atoms with Crippen molar-refractivity contribution in [2.24, 2.45) is 10.9 Å². The molecule has 0 aliphatic heterocycles. The van der Waals surface area contributed by atoms with Crippen LogP contribution < -0.4 is 10.5 Å². The van der Waals surface area contributed by atoms with E-state index in [9.17, 15) is 4.39 Å². The van der Waals surface area contributed by atoms with Gasteiger partial charge in [0, 0.05) is 11.3 Å². The zero-order chi connectivity index (χ0) is 13.7. The lowest BCUT2D eigenvalue weighted by Gasteiger charge is -2.10. The monoisotopic (exact) mass is 280 g/mol. The van der Waals surface area contributed by atoms with E-state index in [1.807, 2.05) is 17.5 Å². The van der Waals surface area contributed by atoms with Gasteiger partial charge in [0.1, 0.15) is 11.6 Å². The van der Waals surface area contributed by atoms with Crippen LogP contribution in [0.1, 0.15) is 10.4 Å². The normalized spacial score (nSPS) is 11.5. The Morgan fingerprint density at radius 2 is 2.26 bits per heavy atom. The standard InChI is InChI=1S/C13H13FN2O2S/c14-9-3-4-12(11(8-9)13(15)16-17)18-6-5-10-2-1-7-19-10/h1-4,7-8,17H,5-6H2,(H2,15,16). The third kappa shape index (κ3) is 3.45. The van der Waals surface area contributed by atoms with Crippen molar-refractivity contribution in [3.05, 3.63) is 52.0 Å². The van der Waals surface area contributed by atoms with Crippen molar-refractivity contribution in [2.45, 2.75) is 6.42 Å². The summed E-state index contributed by atoms with van der Waals surface area (Å²) >= 11 is 1.65. The van der Waals surface area contributed by atoms with Crippen molar-refractivity contribution in [3.63, 3.8) is 0 Å². The summed E-state index contributed by atoms with van der Waals surface area (Å²) in [5.41, 5.74) is 5.73. The van der Waals surface area contributed by atoms with Crippen molar-refractivity contribution in [3.8, 4) is 5.75 Å². The Hall–Kier alpha value is -2.08. The Morgan fingerprint density at radius 1 is 1.42 bits per heavy atom. The van der Waals surface area contributed by atoms with E-state index < -0.39 is 5.82 Å². The van der Waals surface area contributed by atoms with E-state index in [-0.39, 0.29) is 11.4 Å². The zero-order valence-corrected chi connectivity index (χ0v) is 10.9. The third-order valence-corrected chi connectivity index (χ3v) is 3.45. The van der Waals surface area contributed by atoms with Gasteiger partial charge in [-0.05, 0) is 29.6 Å². The molecule has 6 heteroatoms. The molecule has 0 bridgehead atoms. The average Bonchev–Trinajstić information content (AvgIpc) is 2.92. The number of hydrogen-bond acceptors (Lipinski definition) is 4. The van der Waals surface area contributed by atoms with Gasteiger partial charge >= 0.3 is 0 Å². The van der Waals surface area contributed by atoms with Crippen LogP contribution in [0, 0.1) is 5.82 Å². The molecule has 0 spiro atoms. The number of ether oxygens (including phenoxy) is 1. The highest BCUT2D eigenvalue weighted by atomic mass is 32.1. The molecule has 0 fully saturated rings. The topological polar surface area (TPSA) is 67.8 Å². The summed E-state index contributed by atoms with van der Waals surface area (Å²) < 4.78 is 18.7. The largest absolute Gasteiger partial charge is 0.492 e. The first-order valence-corrected chi connectivity index (χ1v) is 6.51. The van der Waals surface area contributed by atoms with Crippen LogP contribution in [0.15, 0.2) is 40.9 Å². The van der Waals surface area contributed by atoms with Gasteiger partial charge in [-0.25, -0.2) is 4.39 Å². The van der Waals surface area contributed by atoms with Crippen molar-refractivity contribution >= 4 is 17.2 Å². The lowest BCUT2D eigenvalue weighted by molar-refractivity contribution is 0.313. The predicted octanol–water partition coefficient (Wildman–Crippen LogP) is 2.60. The number of rotatable bonds is 5. The molecule has 1 aromatic carbocycles. The van der Waals surface area contributed by atoms with Gasteiger partial charge < -0.3 is 15.7 Å². The van der Waals surface area contributed by atoms with E-state index in [1.165, 1.54) is 23.1 Å². The molecule has 0 atom stereocenters. The van der Waals surface area contributed by atoms with Gasteiger partial charge in [-0.1, -0.05) is 11.2 Å². The summed E-state index contributed by atoms with van der Waals surface area (Å²) in [5.74, 6) is -0.244. The average molecular weight is 280 g/mol. The van der Waals surface area contributed by atoms with Gasteiger partial charge in [0.2, 0.25) is 0 Å². The lowest BCUT2D eigenvalue weighted by atomic mass is 10.2. The van der Waals surface area contributed by atoms with E-state index in [1.54, 1.807) is 11.3 Å². The quantitative estimate of drug-likeness (QED) is 0.383. The second kappa shape index (κ2) is 6.19. The van der Waals surface area contributed by atoms with E-state index >= 15 is 0 Å². The fourth-order valence-electron chi connectivity index (χ4n) is 1.60. The van der Waals surface area contributed by atoms with E-state index in [0.717, 1.165) is 6.42 Å². The Labute approximate surface area is 113 Å². The highest BCUT2D eigenvalue weighted by Gasteiger charge is 2.10. The number of hydrogen-bond donors (Lipinski definition) is 2. The Kier molecular flexibility index (Phi) is 4.35. The summed E-state index contributed by atoms with van der Waals surface area (Å²) in [6.45, 7) is 0.442. The number of nitrogens with zero attached hydrogens (tertiary/aromatic N) is 1. The molecule has 0 aliphatic carbocycles. The molecule has 19 heavy (non-hydrogen) atoms. The van der Waals surface area contributed by atoms with Crippen LogP contribution in [0.4, 0.5) is 4.39 Å². The minimum Gasteiger partial charge on any atom is -0.492 e. The van der Waals surface area contributed by atoms with Crippen molar-refractivity contribution in [1.29, 1.82) is 0 Å². The summed E-state index contributed by atoms with van der Waals surface area (Å²) in [7, 11) is 0. The molecule has 4 nitrogen and oxygen atoms in total. The first-order chi connectivity index (χ1) is 9.20. The van der Waals surface area contributed by atoms with Gasteiger partial charge in [0.05, 0.1) is 12.2 Å². The third-order valence-electron chi connectivity index (χ3n) is 2.51. The molecule has 3 N–H and O–H groups in total. The fraction of sp³-hybridized carbons (Fsp3) is 0.154. The van der Waals surface area contributed by atoms with Gasteiger partial charge in [0.25, 0.3) is 0 Å². The van der Waals surface area contributed by atoms with Gasteiger partial charge in [-0.3, -0.25) is 0 Å². The molecule has 0 saturated carbocycles. The SMILES string of the molecule is NC(=NO)c1cc(F)ccc1OCCc1cccs1. The highest BCUT2D eigenvalue weighted by Crippen LogP contribution is 2.20. The first kappa shape index (κ1) is 13.4. The summed E-state index contributed by atoms with van der Waals surface area (Å²) in [6.07, 6.45) is 0.755. The molecular formula is C13H13FN2O2S. The number of thiophene rings is 1. The minimum atomic E-state index is -0.466. The molecule has 1 heterocycles. The maximum absolute atomic E-state index is 13.1. The second-order valence-corrected chi connectivity index (χ2v) is 4.84. The van der Waals surface area contributed by atoms with Gasteiger partial charge in [-0.15, -0.1) is 11.3 Å². The Morgan fingerprint density at radius 3 is 2.95 bits per heavy atom. The molecule has 2 rings (SSSR count). The smallest absolute Gasteiger partial charge is 0.173 e. The molecule has 100 valence electrons. The van der Waals surface area contributed by atoms with E-state index in [4.69, 9.17) is 15.7 Å². The molecule has 2 aromatic rings. The van der Waals surface area contributed by atoms with E-state index in [2.05, 4.69) is 5.16 Å². The molecular weight excluding hydrogens is 267 g/mol. The van der Waals surface area contributed by atoms with Crippen LogP contribution in [-0.2, 0) is 6.42 Å². The van der Waals surface area contributed by atoms with Crippen molar-refractivity contribution in [1.82, 2.24) is 0 Å². The molecule has 0 aliphatic rings. The Bertz CT molecular complexity index is 570. The van der Waals surface area contributed by atoms with Crippen LogP contribution in [0.2, 0.25) is 0 Å². The number of halogens is 1. The fourth-order valence-corrected chi connectivity index (χ4v) is 2.29. The van der Waals surface area contributed by atoms with Crippen LogP contribution in [0.5, 0.6) is 5.75 Å². The summed E-state index contributed by atoms with van der Waals surface area (Å²) in [4.78, 5) is 1.20. The number of nitrogens with two attached hydrogens (primary N) is 1. The van der Waals surface area contributed by atoms with Crippen LogP contribution >= 0.6 is 11.3 Å². The predicted molar refractivity (Wildman–Crippen MR) is 72.4 cm³/mol.